The van der Waals surface area contributed by atoms with Crippen LogP contribution in [0.25, 0.3) is 0 Å². The number of benzene rings is 1. The van der Waals surface area contributed by atoms with Crippen molar-refractivity contribution in [3.63, 3.8) is 0 Å². The topological polar surface area (TPSA) is 32.8 Å². The maximum absolute atomic E-state index is 12.0. The summed E-state index contributed by atoms with van der Waals surface area (Å²) in [5.74, 6) is 1.47. The van der Waals surface area contributed by atoms with Crippen LogP contribution in [0.3, 0.4) is 0 Å². The van der Waals surface area contributed by atoms with Gasteiger partial charge in [0.25, 0.3) is 0 Å². The van der Waals surface area contributed by atoms with Gasteiger partial charge in [-0.05, 0) is 44.8 Å². The minimum Gasteiger partial charge on any atom is -0.497 e. The molecule has 0 bridgehead atoms. The Labute approximate surface area is 121 Å². The number of nitrogens with zero attached hydrogens (tertiary/aromatic N) is 2. The van der Waals surface area contributed by atoms with E-state index in [0.29, 0.717) is 12.3 Å². The number of rotatable bonds is 6. The predicted molar refractivity (Wildman–Crippen MR) is 80.1 cm³/mol. The van der Waals surface area contributed by atoms with Gasteiger partial charge in [0, 0.05) is 25.4 Å². The van der Waals surface area contributed by atoms with E-state index in [-0.39, 0.29) is 5.91 Å². The largest absolute Gasteiger partial charge is 0.497 e. The minimum atomic E-state index is 0.282. The molecule has 0 aliphatic carbocycles. The molecule has 0 radical (unpaired) electrons. The summed E-state index contributed by atoms with van der Waals surface area (Å²) in [5.41, 5.74) is 1.23. The molecule has 1 aliphatic rings. The van der Waals surface area contributed by atoms with Crippen molar-refractivity contribution in [1.29, 1.82) is 0 Å². The number of hydrogen-bond acceptors (Lipinski definition) is 3. The van der Waals surface area contributed by atoms with Gasteiger partial charge in [0.2, 0.25) is 5.91 Å². The van der Waals surface area contributed by atoms with Crippen LogP contribution in [0.4, 0.5) is 0 Å². The summed E-state index contributed by atoms with van der Waals surface area (Å²) in [4.78, 5) is 16.2. The third kappa shape index (κ3) is 3.73. The van der Waals surface area contributed by atoms with E-state index in [1.807, 2.05) is 17.0 Å². The Morgan fingerprint density at radius 1 is 1.30 bits per heavy atom. The summed E-state index contributed by atoms with van der Waals surface area (Å²) in [6.07, 6.45) is 1.67. The van der Waals surface area contributed by atoms with Crippen molar-refractivity contribution in [3.05, 3.63) is 29.8 Å². The molecule has 1 aromatic rings. The Bertz CT molecular complexity index is 442. The lowest BCUT2D eigenvalue weighted by Crippen LogP contribution is -2.28. The second-order valence-corrected chi connectivity index (χ2v) is 5.67. The molecular formula is C16H24N2O2. The molecule has 0 spiro atoms. The van der Waals surface area contributed by atoms with E-state index in [0.717, 1.165) is 31.8 Å². The highest BCUT2D eigenvalue weighted by atomic mass is 16.5. The Kier molecular flexibility index (Phi) is 5.01. The number of hydrogen-bond donors (Lipinski definition) is 0. The van der Waals surface area contributed by atoms with E-state index in [2.05, 4.69) is 31.1 Å². The van der Waals surface area contributed by atoms with Crippen molar-refractivity contribution in [2.45, 2.75) is 18.8 Å². The second kappa shape index (κ2) is 6.75. The van der Waals surface area contributed by atoms with Gasteiger partial charge in [-0.15, -0.1) is 0 Å². The molecule has 0 aromatic heterocycles. The van der Waals surface area contributed by atoms with Crippen molar-refractivity contribution in [3.8, 4) is 5.75 Å². The third-order valence-corrected chi connectivity index (χ3v) is 3.84. The maximum atomic E-state index is 12.0. The summed E-state index contributed by atoms with van der Waals surface area (Å²) in [7, 11) is 5.79. The zero-order chi connectivity index (χ0) is 14.5. The van der Waals surface area contributed by atoms with Gasteiger partial charge >= 0.3 is 0 Å². The van der Waals surface area contributed by atoms with Crippen molar-refractivity contribution in [2.24, 2.45) is 0 Å². The van der Waals surface area contributed by atoms with Gasteiger partial charge in [0.1, 0.15) is 5.75 Å². The van der Waals surface area contributed by atoms with Crippen LogP contribution >= 0.6 is 0 Å². The first-order chi connectivity index (χ1) is 9.60. The highest BCUT2D eigenvalue weighted by Crippen LogP contribution is 2.29. The molecule has 1 aromatic carbocycles. The van der Waals surface area contributed by atoms with E-state index < -0.39 is 0 Å². The van der Waals surface area contributed by atoms with Crippen molar-refractivity contribution < 1.29 is 9.53 Å². The predicted octanol–water partition coefficient (Wildman–Crippen LogP) is 1.96. The summed E-state index contributed by atoms with van der Waals surface area (Å²) in [6.45, 7) is 2.74. The van der Waals surface area contributed by atoms with Crippen LogP contribution in [0.1, 0.15) is 24.3 Å². The highest BCUT2D eigenvalue weighted by molar-refractivity contribution is 5.79. The zero-order valence-electron chi connectivity index (χ0n) is 12.6. The molecule has 2 rings (SSSR count). The fourth-order valence-electron chi connectivity index (χ4n) is 2.67. The summed E-state index contributed by atoms with van der Waals surface area (Å²) in [5, 5.41) is 0. The lowest BCUT2D eigenvalue weighted by Gasteiger charge is -2.18. The lowest BCUT2D eigenvalue weighted by molar-refractivity contribution is -0.127. The van der Waals surface area contributed by atoms with Gasteiger partial charge in [-0.2, -0.15) is 0 Å². The number of amides is 1. The van der Waals surface area contributed by atoms with E-state index in [9.17, 15) is 4.79 Å². The number of ether oxygens (including phenoxy) is 1. The molecule has 1 amide bonds. The van der Waals surface area contributed by atoms with Gasteiger partial charge < -0.3 is 14.5 Å². The van der Waals surface area contributed by atoms with E-state index >= 15 is 0 Å². The third-order valence-electron chi connectivity index (χ3n) is 3.84. The average Bonchev–Trinajstić information content (AvgIpc) is 2.80. The highest BCUT2D eigenvalue weighted by Gasteiger charge is 2.30. The van der Waals surface area contributed by atoms with Crippen LogP contribution in [0.15, 0.2) is 24.3 Å². The fourth-order valence-corrected chi connectivity index (χ4v) is 2.67. The molecule has 4 heteroatoms. The first-order valence-corrected chi connectivity index (χ1v) is 7.16. The molecule has 1 atom stereocenters. The first kappa shape index (κ1) is 14.9. The standard InChI is InChI=1S/C16H24N2O2/c1-17(2)9-4-10-18-12-14(11-16(18)19)13-5-7-15(20-3)8-6-13/h5-8,14H,4,9-12H2,1-3H3. The molecule has 1 fully saturated rings. The Hall–Kier alpha value is -1.55. The minimum absolute atomic E-state index is 0.282. The quantitative estimate of drug-likeness (QED) is 0.796. The van der Waals surface area contributed by atoms with Gasteiger partial charge in [-0.1, -0.05) is 12.1 Å². The van der Waals surface area contributed by atoms with Crippen LogP contribution in [0.2, 0.25) is 0 Å². The second-order valence-electron chi connectivity index (χ2n) is 5.67. The number of likely N-dealkylation sites (tertiary alicyclic amines) is 1. The summed E-state index contributed by atoms with van der Waals surface area (Å²) >= 11 is 0. The van der Waals surface area contributed by atoms with Crippen LogP contribution < -0.4 is 4.74 Å². The molecular weight excluding hydrogens is 252 g/mol. The Morgan fingerprint density at radius 2 is 2.00 bits per heavy atom. The van der Waals surface area contributed by atoms with Crippen molar-refractivity contribution >= 4 is 5.91 Å². The zero-order valence-corrected chi connectivity index (χ0v) is 12.6. The van der Waals surface area contributed by atoms with Crippen molar-refractivity contribution in [1.82, 2.24) is 9.80 Å². The molecule has 1 heterocycles. The van der Waals surface area contributed by atoms with Gasteiger partial charge in [-0.25, -0.2) is 0 Å². The molecule has 0 saturated carbocycles. The van der Waals surface area contributed by atoms with Gasteiger partial charge in [0.15, 0.2) is 0 Å². The molecule has 110 valence electrons. The van der Waals surface area contributed by atoms with Crippen LogP contribution in [0.5, 0.6) is 5.75 Å². The molecule has 20 heavy (non-hydrogen) atoms. The normalized spacial score (nSPS) is 18.9. The van der Waals surface area contributed by atoms with Crippen LogP contribution in [0, 0.1) is 0 Å². The number of methoxy groups -OCH3 is 1. The summed E-state index contributed by atoms with van der Waals surface area (Å²) in [6, 6.07) is 8.07. The molecule has 4 nitrogen and oxygen atoms in total. The molecule has 0 N–H and O–H groups in total. The first-order valence-electron chi connectivity index (χ1n) is 7.16. The van der Waals surface area contributed by atoms with E-state index in [1.165, 1.54) is 5.56 Å². The number of carbonyl (C=O) groups is 1. The Balaban J connectivity index is 1.90. The maximum Gasteiger partial charge on any atom is 0.223 e. The van der Waals surface area contributed by atoms with E-state index in [1.54, 1.807) is 7.11 Å². The monoisotopic (exact) mass is 276 g/mol. The smallest absolute Gasteiger partial charge is 0.223 e. The van der Waals surface area contributed by atoms with Crippen LogP contribution in [-0.2, 0) is 4.79 Å². The van der Waals surface area contributed by atoms with Gasteiger partial charge in [-0.3, -0.25) is 4.79 Å². The average molecular weight is 276 g/mol. The molecule has 1 aliphatic heterocycles. The lowest BCUT2D eigenvalue weighted by atomic mass is 9.98. The van der Waals surface area contributed by atoms with Gasteiger partial charge in [0.05, 0.1) is 7.11 Å². The van der Waals surface area contributed by atoms with Crippen molar-refractivity contribution in [2.75, 3.05) is 40.8 Å². The SMILES string of the molecule is COc1ccc(C2CC(=O)N(CCCN(C)C)C2)cc1. The molecule has 1 unspecified atom stereocenters. The number of carbonyl (C=O) groups excluding carboxylic acids is 1. The van der Waals surface area contributed by atoms with E-state index in [4.69, 9.17) is 4.74 Å². The Morgan fingerprint density at radius 3 is 2.60 bits per heavy atom. The molecule has 1 saturated heterocycles. The summed E-state index contributed by atoms with van der Waals surface area (Å²) < 4.78 is 5.17. The van der Waals surface area contributed by atoms with Crippen LogP contribution in [-0.4, -0.2) is 56.5 Å². The fraction of sp³-hybridized carbons (Fsp3) is 0.562.